The van der Waals surface area contributed by atoms with E-state index in [2.05, 4.69) is 20.8 Å². The summed E-state index contributed by atoms with van der Waals surface area (Å²) in [5.74, 6) is 1.05. The van der Waals surface area contributed by atoms with Gasteiger partial charge in [-0.3, -0.25) is 0 Å². The van der Waals surface area contributed by atoms with Crippen LogP contribution in [0.15, 0.2) is 24.3 Å². The Hall–Kier alpha value is -0.850. The monoisotopic (exact) mass is 194 g/mol. The second-order valence-electron chi connectivity index (χ2n) is 4.19. The average molecular weight is 194 g/mol. The van der Waals surface area contributed by atoms with E-state index in [-0.39, 0.29) is 5.82 Å². The molecule has 0 aliphatic carbocycles. The number of hydrogen-bond acceptors (Lipinski definition) is 0. The van der Waals surface area contributed by atoms with E-state index < -0.39 is 0 Å². The van der Waals surface area contributed by atoms with E-state index in [4.69, 9.17) is 0 Å². The third kappa shape index (κ3) is 2.83. The van der Waals surface area contributed by atoms with Crippen molar-refractivity contribution in [2.24, 2.45) is 5.92 Å². The first kappa shape index (κ1) is 11.2. The lowest BCUT2D eigenvalue weighted by Gasteiger charge is -2.20. The Morgan fingerprint density at radius 2 is 1.71 bits per heavy atom. The summed E-state index contributed by atoms with van der Waals surface area (Å²) < 4.78 is 12.7. The van der Waals surface area contributed by atoms with E-state index in [9.17, 15) is 4.39 Å². The van der Waals surface area contributed by atoms with Crippen LogP contribution < -0.4 is 0 Å². The smallest absolute Gasteiger partial charge is 0.123 e. The predicted molar refractivity (Wildman–Crippen MR) is 58.9 cm³/mol. The highest BCUT2D eigenvalue weighted by atomic mass is 19.1. The summed E-state index contributed by atoms with van der Waals surface area (Å²) in [5.41, 5.74) is 1.27. The Balaban J connectivity index is 2.82. The highest BCUT2D eigenvalue weighted by molar-refractivity contribution is 5.20. The lowest BCUT2D eigenvalue weighted by molar-refractivity contribution is 0.462. The highest BCUT2D eigenvalue weighted by Gasteiger charge is 2.14. The van der Waals surface area contributed by atoms with E-state index in [1.165, 1.54) is 18.4 Å². The molecule has 0 fully saturated rings. The van der Waals surface area contributed by atoms with Crippen LogP contribution in [0.5, 0.6) is 0 Å². The summed E-state index contributed by atoms with van der Waals surface area (Å²) >= 11 is 0. The minimum absolute atomic E-state index is 0.146. The zero-order valence-corrected chi connectivity index (χ0v) is 9.26. The molecule has 1 unspecified atom stereocenters. The first-order valence-electron chi connectivity index (χ1n) is 5.40. The summed E-state index contributed by atoms with van der Waals surface area (Å²) in [6.45, 7) is 6.65. The van der Waals surface area contributed by atoms with Crippen molar-refractivity contribution in [3.63, 3.8) is 0 Å². The van der Waals surface area contributed by atoms with Crippen LogP contribution in [-0.2, 0) is 0 Å². The van der Waals surface area contributed by atoms with E-state index in [1.807, 2.05) is 12.1 Å². The third-order valence-corrected chi connectivity index (χ3v) is 2.70. The van der Waals surface area contributed by atoms with Crippen LogP contribution in [0.3, 0.4) is 0 Å². The molecular weight excluding hydrogens is 175 g/mol. The minimum atomic E-state index is -0.146. The molecule has 1 aromatic rings. The molecule has 0 radical (unpaired) electrons. The molecule has 0 nitrogen and oxygen atoms in total. The molecule has 0 saturated carbocycles. The van der Waals surface area contributed by atoms with Gasteiger partial charge in [0.25, 0.3) is 0 Å². The molecule has 0 amide bonds. The first-order valence-corrected chi connectivity index (χ1v) is 5.40. The maximum Gasteiger partial charge on any atom is 0.123 e. The summed E-state index contributed by atoms with van der Waals surface area (Å²) in [6, 6.07) is 6.94. The second-order valence-corrected chi connectivity index (χ2v) is 4.19. The van der Waals surface area contributed by atoms with Gasteiger partial charge < -0.3 is 0 Å². The molecule has 78 valence electrons. The number of benzene rings is 1. The molecule has 0 aliphatic rings. The molecule has 0 saturated heterocycles. The maximum absolute atomic E-state index is 12.7. The summed E-state index contributed by atoms with van der Waals surface area (Å²) in [6.07, 6.45) is 2.36. The van der Waals surface area contributed by atoms with Crippen molar-refractivity contribution >= 4 is 0 Å². The molecule has 0 heterocycles. The molecule has 0 aromatic heterocycles. The van der Waals surface area contributed by atoms with Gasteiger partial charge in [0.15, 0.2) is 0 Å². The number of hydrogen-bond donors (Lipinski definition) is 0. The largest absolute Gasteiger partial charge is 0.207 e. The van der Waals surface area contributed by atoms with Crippen molar-refractivity contribution in [2.45, 2.75) is 39.5 Å². The summed E-state index contributed by atoms with van der Waals surface area (Å²) in [7, 11) is 0. The predicted octanol–water partition coefficient (Wildman–Crippen LogP) is 4.37. The number of rotatable bonds is 4. The van der Waals surface area contributed by atoms with Crippen molar-refractivity contribution < 1.29 is 4.39 Å². The van der Waals surface area contributed by atoms with Crippen LogP contribution >= 0.6 is 0 Å². The van der Waals surface area contributed by atoms with Crippen LogP contribution in [0.1, 0.15) is 45.1 Å². The SMILES string of the molecule is CCCC(c1ccc(F)cc1)C(C)C. The Labute approximate surface area is 86.2 Å². The van der Waals surface area contributed by atoms with Crippen LogP contribution in [-0.4, -0.2) is 0 Å². The molecule has 0 spiro atoms. The fraction of sp³-hybridized carbons (Fsp3) is 0.538. The van der Waals surface area contributed by atoms with Crippen molar-refractivity contribution in [3.05, 3.63) is 35.6 Å². The van der Waals surface area contributed by atoms with Gasteiger partial charge in [-0.25, -0.2) is 4.39 Å². The average Bonchev–Trinajstić information content (AvgIpc) is 2.15. The normalized spacial score (nSPS) is 13.2. The second kappa shape index (κ2) is 5.14. The molecule has 1 rings (SSSR count). The lowest BCUT2D eigenvalue weighted by Crippen LogP contribution is -2.06. The van der Waals surface area contributed by atoms with E-state index in [0.717, 1.165) is 0 Å². The van der Waals surface area contributed by atoms with Gasteiger partial charge in [0.2, 0.25) is 0 Å². The van der Waals surface area contributed by atoms with Gasteiger partial charge in [0.1, 0.15) is 5.82 Å². The fourth-order valence-corrected chi connectivity index (χ4v) is 1.91. The Morgan fingerprint density at radius 1 is 1.14 bits per heavy atom. The maximum atomic E-state index is 12.7. The summed E-state index contributed by atoms with van der Waals surface area (Å²) in [4.78, 5) is 0. The zero-order chi connectivity index (χ0) is 10.6. The quantitative estimate of drug-likeness (QED) is 0.667. The van der Waals surface area contributed by atoms with Gasteiger partial charge in [-0.1, -0.05) is 39.3 Å². The fourth-order valence-electron chi connectivity index (χ4n) is 1.91. The van der Waals surface area contributed by atoms with Crippen LogP contribution in [0.2, 0.25) is 0 Å². The van der Waals surface area contributed by atoms with Crippen molar-refractivity contribution in [1.29, 1.82) is 0 Å². The van der Waals surface area contributed by atoms with E-state index in [1.54, 1.807) is 12.1 Å². The van der Waals surface area contributed by atoms with Gasteiger partial charge in [0.05, 0.1) is 0 Å². The first-order chi connectivity index (χ1) is 6.65. The van der Waals surface area contributed by atoms with Crippen molar-refractivity contribution in [2.75, 3.05) is 0 Å². The zero-order valence-electron chi connectivity index (χ0n) is 9.26. The molecule has 0 aliphatic heterocycles. The Kier molecular flexibility index (Phi) is 4.12. The van der Waals surface area contributed by atoms with Crippen LogP contribution in [0, 0.1) is 11.7 Å². The molecule has 1 atom stereocenters. The van der Waals surface area contributed by atoms with Gasteiger partial charge >= 0.3 is 0 Å². The van der Waals surface area contributed by atoms with E-state index in [0.29, 0.717) is 11.8 Å². The highest BCUT2D eigenvalue weighted by Crippen LogP contribution is 2.28. The van der Waals surface area contributed by atoms with Gasteiger partial charge in [-0.05, 0) is 36.0 Å². The van der Waals surface area contributed by atoms with Gasteiger partial charge in [-0.15, -0.1) is 0 Å². The van der Waals surface area contributed by atoms with Gasteiger partial charge in [0, 0.05) is 0 Å². The standard InChI is InChI=1S/C13H19F/c1-4-5-13(10(2)3)11-6-8-12(14)9-7-11/h6-10,13H,4-5H2,1-3H3. The minimum Gasteiger partial charge on any atom is -0.207 e. The number of halogens is 1. The van der Waals surface area contributed by atoms with E-state index >= 15 is 0 Å². The molecule has 0 bridgehead atoms. The summed E-state index contributed by atoms with van der Waals surface area (Å²) in [5, 5.41) is 0. The molecule has 14 heavy (non-hydrogen) atoms. The van der Waals surface area contributed by atoms with Crippen LogP contribution in [0.25, 0.3) is 0 Å². The Morgan fingerprint density at radius 3 is 2.14 bits per heavy atom. The lowest BCUT2D eigenvalue weighted by atomic mass is 9.85. The topological polar surface area (TPSA) is 0 Å². The Bertz CT molecular complexity index is 261. The molecule has 0 N–H and O–H groups in total. The van der Waals surface area contributed by atoms with Crippen LogP contribution in [0.4, 0.5) is 4.39 Å². The third-order valence-electron chi connectivity index (χ3n) is 2.70. The van der Waals surface area contributed by atoms with Crippen molar-refractivity contribution in [3.8, 4) is 0 Å². The molecular formula is C13H19F. The van der Waals surface area contributed by atoms with Gasteiger partial charge in [-0.2, -0.15) is 0 Å². The molecule has 1 aromatic carbocycles. The van der Waals surface area contributed by atoms with Crippen molar-refractivity contribution in [1.82, 2.24) is 0 Å². The molecule has 1 heteroatoms.